The lowest BCUT2D eigenvalue weighted by atomic mass is 10.1. The Morgan fingerprint density at radius 3 is 1.94 bits per heavy atom. The van der Waals surface area contributed by atoms with Crippen LogP contribution in [0.15, 0.2) is 100 Å². The first-order chi connectivity index (χ1) is 15.6. The zero-order chi connectivity index (χ0) is 22.3. The highest BCUT2D eigenvalue weighted by molar-refractivity contribution is 5.84. The topological polar surface area (TPSA) is 86.0 Å². The molecule has 0 aliphatic rings. The van der Waals surface area contributed by atoms with Crippen molar-refractivity contribution in [1.82, 2.24) is 0 Å². The van der Waals surface area contributed by atoms with E-state index in [1.165, 1.54) is 0 Å². The molecule has 0 unspecified atom stereocenters. The summed E-state index contributed by atoms with van der Waals surface area (Å²) in [7, 11) is 0. The molecule has 1 N–H and O–H groups in total. The SMILES string of the molecule is O=C(O)c1cc(=O)c(-c2ccc(OCc3ccccc3)c(OCc3ccccc3)c2)co1. The van der Waals surface area contributed by atoms with Crippen molar-refractivity contribution in [3.63, 3.8) is 0 Å². The van der Waals surface area contributed by atoms with Gasteiger partial charge in [-0.05, 0) is 28.8 Å². The number of benzene rings is 3. The van der Waals surface area contributed by atoms with Crippen LogP contribution in [0.4, 0.5) is 0 Å². The quantitative estimate of drug-likeness (QED) is 0.417. The van der Waals surface area contributed by atoms with Crippen molar-refractivity contribution in [2.45, 2.75) is 13.2 Å². The molecule has 3 aromatic carbocycles. The summed E-state index contributed by atoms with van der Waals surface area (Å²) >= 11 is 0. The third kappa shape index (κ3) is 5.05. The lowest BCUT2D eigenvalue weighted by molar-refractivity contribution is 0.0659. The summed E-state index contributed by atoms with van der Waals surface area (Å²) in [5, 5.41) is 9.01. The second-order valence-electron chi connectivity index (χ2n) is 7.04. The Hall–Kier alpha value is -4.32. The predicted molar refractivity (Wildman–Crippen MR) is 119 cm³/mol. The molecule has 0 bridgehead atoms. The van der Waals surface area contributed by atoms with Gasteiger partial charge in [-0.2, -0.15) is 0 Å². The number of hydrogen-bond donors (Lipinski definition) is 1. The van der Waals surface area contributed by atoms with E-state index in [-0.39, 0.29) is 5.56 Å². The Bertz CT molecular complexity index is 1260. The Morgan fingerprint density at radius 1 is 0.781 bits per heavy atom. The number of rotatable bonds is 8. The second kappa shape index (κ2) is 9.66. The van der Waals surface area contributed by atoms with Crippen molar-refractivity contribution in [2.24, 2.45) is 0 Å². The van der Waals surface area contributed by atoms with Crippen molar-refractivity contribution in [1.29, 1.82) is 0 Å². The van der Waals surface area contributed by atoms with Crippen LogP contribution in [-0.2, 0) is 13.2 Å². The van der Waals surface area contributed by atoms with Crippen LogP contribution < -0.4 is 14.9 Å². The summed E-state index contributed by atoms with van der Waals surface area (Å²) in [5.74, 6) is -0.726. The van der Waals surface area contributed by atoms with E-state index in [4.69, 9.17) is 19.0 Å². The number of aromatic carboxylic acids is 1. The molecule has 6 heteroatoms. The van der Waals surface area contributed by atoms with Crippen LogP contribution >= 0.6 is 0 Å². The summed E-state index contributed by atoms with van der Waals surface area (Å²) in [6.45, 7) is 0.676. The minimum atomic E-state index is -1.30. The number of carbonyl (C=O) groups is 1. The standard InChI is InChI=1S/C26H20O6/c27-22-14-25(26(28)29)32-17-21(22)20-11-12-23(30-15-18-7-3-1-4-8-18)24(13-20)31-16-19-9-5-2-6-10-19/h1-14,17H,15-16H2,(H,28,29). The zero-order valence-corrected chi connectivity index (χ0v) is 17.1. The van der Waals surface area contributed by atoms with Crippen LogP contribution in [0, 0.1) is 0 Å². The molecule has 0 amide bonds. The van der Waals surface area contributed by atoms with E-state index in [0.29, 0.717) is 30.3 Å². The first-order valence-corrected chi connectivity index (χ1v) is 9.94. The van der Waals surface area contributed by atoms with Gasteiger partial charge in [0, 0.05) is 6.07 Å². The van der Waals surface area contributed by atoms with Crippen molar-refractivity contribution in [3.05, 3.63) is 118 Å². The van der Waals surface area contributed by atoms with Gasteiger partial charge in [0.25, 0.3) is 0 Å². The van der Waals surface area contributed by atoms with Gasteiger partial charge < -0.3 is 19.0 Å². The third-order valence-corrected chi connectivity index (χ3v) is 4.77. The Labute approximate surface area is 184 Å². The van der Waals surface area contributed by atoms with Crippen LogP contribution in [0.1, 0.15) is 21.7 Å². The Kier molecular flexibility index (Phi) is 6.32. The molecule has 0 radical (unpaired) electrons. The Balaban J connectivity index is 1.64. The molecule has 0 aliphatic carbocycles. The first-order valence-electron chi connectivity index (χ1n) is 9.94. The molecule has 0 fully saturated rings. The molecular weight excluding hydrogens is 408 g/mol. The van der Waals surface area contributed by atoms with Crippen molar-refractivity contribution < 1.29 is 23.8 Å². The average Bonchev–Trinajstić information content (AvgIpc) is 2.83. The van der Waals surface area contributed by atoms with Crippen LogP contribution in [0.25, 0.3) is 11.1 Å². The van der Waals surface area contributed by atoms with Gasteiger partial charge in [-0.25, -0.2) is 4.79 Å². The van der Waals surface area contributed by atoms with Crippen LogP contribution in [0.3, 0.4) is 0 Å². The average molecular weight is 428 g/mol. The maximum atomic E-state index is 12.4. The molecule has 0 spiro atoms. The minimum Gasteiger partial charge on any atom is -0.485 e. The normalized spacial score (nSPS) is 10.5. The van der Waals surface area contributed by atoms with Gasteiger partial charge in [0.1, 0.15) is 19.5 Å². The number of carboxylic acid groups (broad SMARTS) is 1. The van der Waals surface area contributed by atoms with Crippen molar-refractivity contribution in [3.8, 4) is 22.6 Å². The monoisotopic (exact) mass is 428 g/mol. The first kappa shape index (κ1) is 20.9. The van der Waals surface area contributed by atoms with E-state index in [0.717, 1.165) is 23.5 Å². The van der Waals surface area contributed by atoms with Crippen molar-refractivity contribution >= 4 is 5.97 Å². The summed E-state index contributed by atoms with van der Waals surface area (Å²) in [6.07, 6.45) is 1.15. The molecule has 32 heavy (non-hydrogen) atoms. The minimum absolute atomic E-state index is 0.231. The molecule has 0 atom stereocenters. The summed E-state index contributed by atoms with van der Waals surface area (Å²) in [6, 6.07) is 25.5. The van der Waals surface area contributed by atoms with E-state index in [2.05, 4.69) is 0 Å². The fraction of sp³-hybridized carbons (Fsp3) is 0.0769. The van der Waals surface area contributed by atoms with Crippen LogP contribution in [0.2, 0.25) is 0 Å². The fourth-order valence-corrected chi connectivity index (χ4v) is 3.11. The predicted octanol–water partition coefficient (Wildman–Crippen LogP) is 5.16. The molecule has 0 saturated carbocycles. The Morgan fingerprint density at radius 2 is 1.38 bits per heavy atom. The molecule has 1 aromatic heterocycles. The molecule has 6 nitrogen and oxygen atoms in total. The number of carboxylic acids is 1. The largest absolute Gasteiger partial charge is 0.485 e. The van der Waals surface area contributed by atoms with E-state index in [1.807, 2.05) is 60.7 Å². The number of ether oxygens (including phenoxy) is 2. The fourth-order valence-electron chi connectivity index (χ4n) is 3.11. The lowest BCUT2D eigenvalue weighted by Crippen LogP contribution is -2.08. The molecule has 4 rings (SSSR count). The number of hydrogen-bond acceptors (Lipinski definition) is 5. The van der Waals surface area contributed by atoms with Gasteiger partial charge in [0.05, 0.1) is 5.56 Å². The van der Waals surface area contributed by atoms with Crippen LogP contribution in [0.5, 0.6) is 11.5 Å². The molecule has 1 heterocycles. The van der Waals surface area contributed by atoms with E-state index < -0.39 is 17.2 Å². The summed E-state index contributed by atoms with van der Waals surface area (Å²) in [5.41, 5.74) is 2.30. The maximum absolute atomic E-state index is 12.4. The smallest absolute Gasteiger partial charge is 0.371 e. The van der Waals surface area contributed by atoms with Gasteiger partial charge in [-0.1, -0.05) is 66.7 Å². The highest BCUT2D eigenvalue weighted by Crippen LogP contribution is 2.33. The lowest BCUT2D eigenvalue weighted by Gasteiger charge is -2.14. The van der Waals surface area contributed by atoms with Crippen molar-refractivity contribution in [2.75, 3.05) is 0 Å². The summed E-state index contributed by atoms with van der Waals surface area (Å²) < 4.78 is 17.1. The highest BCUT2D eigenvalue weighted by Gasteiger charge is 2.14. The maximum Gasteiger partial charge on any atom is 0.371 e. The molecule has 0 saturated heterocycles. The molecular formula is C26H20O6. The second-order valence-corrected chi connectivity index (χ2v) is 7.04. The van der Waals surface area contributed by atoms with Gasteiger partial charge in [-0.3, -0.25) is 4.79 Å². The highest BCUT2D eigenvalue weighted by atomic mass is 16.5. The zero-order valence-electron chi connectivity index (χ0n) is 17.1. The van der Waals surface area contributed by atoms with E-state index >= 15 is 0 Å². The molecule has 160 valence electrons. The van der Waals surface area contributed by atoms with Gasteiger partial charge in [0.2, 0.25) is 5.76 Å². The molecule has 0 aliphatic heterocycles. The summed E-state index contributed by atoms with van der Waals surface area (Å²) in [4.78, 5) is 23.5. The molecule has 4 aromatic rings. The van der Waals surface area contributed by atoms with E-state index in [9.17, 15) is 9.59 Å². The van der Waals surface area contributed by atoms with Gasteiger partial charge in [0.15, 0.2) is 16.9 Å². The van der Waals surface area contributed by atoms with E-state index in [1.54, 1.807) is 18.2 Å². The van der Waals surface area contributed by atoms with Gasteiger partial charge in [-0.15, -0.1) is 0 Å². The van der Waals surface area contributed by atoms with Gasteiger partial charge >= 0.3 is 5.97 Å². The third-order valence-electron chi connectivity index (χ3n) is 4.77. The van der Waals surface area contributed by atoms with Crippen LogP contribution in [-0.4, -0.2) is 11.1 Å².